The van der Waals surface area contributed by atoms with E-state index in [1.165, 1.54) is 0 Å². The molecule has 0 saturated carbocycles. The van der Waals surface area contributed by atoms with Gasteiger partial charge < -0.3 is 77.7 Å². The average Bonchev–Trinajstić information content (AvgIpc) is 2.62. The predicted molar refractivity (Wildman–Crippen MR) is 88.3 cm³/mol. The standard InChI is InChI=1S/2C6H12O7.3H2O.Zn/c2*7-1-2(8)3(9)4(10)5(11)6(12)13;;;;/h2*2-5,7-11H,1H2,(H,12,13);3*1H2;/t2*2-,3+,4-,5-;;;;/m11..../s1. The van der Waals surface area contributed by atoms with E-state index in [1.807, 2.05) is 0 Å². The molecule has 0 bridgehead atoms. The van der Waals surface area contributed by atoms with E-state index in [0.717, 1.165) is 0 Å². The van der Waals surface area contributed by atoms with Crippen LogP contribution in [0.2, 0.25) is 0 Å². The van der Waals surface area contributed by atoms with Gasteiger partial charge in [0.1, 0.15) is 36.6 Å². The Morgan fingerprint density at radius 2 is 0.733 bits per heavy atom. The van der Waals surface area contributed by atoms with Crippen molar-refractivity contribution in [3.05, 3.63) is 0 Å². The molecule has 0 aromatic rings. The second kappa shape index (κ2) is 21.3. The first kappa shape index (κ1) is 43.0. The summed E-state index contributed by atoms with van der Waals surface area (Å²) in [6.07, 6.45) is -15.7. The van der Waals surface area contributed by atoms with Gasteiger partial charge in [-0.05, 0) is 0 Å². The second-order valence-electron chi connectivity index (χ2n) is 5.03. The van der Waals surface area contributed by atoms with Crippen molar-refractivity contribution in [2.45, 2.75) is 48.8 Å². The van der Waals surface area contributed by atoms with Crippen molar-refractivity contribution < 1.29 is 107 Å². The number of rotatable bonds is 10. The molecule has 0 rings (SSSR count). The number of hydrogen-bond donors (Lipinski definition) is 12. The summed E-state index contributed by atoms with van der Waals surface area (Å²) in [5.41, 5.74) is 0. The molecule has 0 spiro atoms. The summed E-state index contributed by atoms with van der Waals surface area (Å²) in [6, 6.07) is 0. The molecule has 0 amide bonds. The van der Waals surface area contributed by atoms with E-state index >= 15 is 0 Å². The molecule has 18 N–H and O–H groups in total. The number of aliphatic hydroxyl groups excluding tert-OH is 10. The minimum atomic E-state index is -2.20. The molecule has 0 aromatic carbocycles. The third-order valence-electron chi connectivity index (χ3n) is 3.02. The van der Waals surface area contributed by atoms with Gasteiger partial charge in [0.25, 0.3) is 0 Å². The summed E-state index contributed by atoms with van der Waals surface area (Å²) in [5.74, 6) is -3.45. The van der Waals surface area contributed by atoms with Crippen LogP contribution in [0, 0.1) is 0 Å². The number of carboxylic acids is 2. The number of aliphatic carboxylic acids is 2. The number of carboxylic acid groups (broad SMARTS) is 2. The number of hydrogen-bond acceptors (Lipinski definition) is 12. The van der Waals surface area contributed by atoms with Crippen molar-refractivity contribution in [3.63, 3.8) is 0 Å². The van der Waals surface area contributed by atoms with Crippen LogP contribution in [-0.2, 0) is 29.1 Å². The van der Waals surface area contributed by atoms with Gasteiger partial charge in [0.05, 0.1) is 13.2 Å². The van der Waals surface area contributed by atoms with Crippen LogP contribution >= 0.6 is 0 Å². The molecule has 0 aliphatic heterocycles. The molecule has 8 atom stereocenters. The first-order valence-electron chi connectivity index (χ1n) is 6.95. The van der Waals surface area contributed by atoms with Gasteiger partial charge in [-0.2, -0.15) is 0 Å². The van der Waals surface area contributed by atoms with E-state index in [-0.39, 0.29) is 35.9 Å². The van der Waals surface area contributed by atoms with Crippen LogP contribution < -0.4 is 0 Å². The fourth-order valence-corrected chi connectivity index (χ4v) is 1.34. The summed E-state index contributed by atoms with van der Waals surface area (Å²) in [6.45, 7) is -1.69. The Labute approximate surface area is 181 Å². The minimum Gasteiger partial charge on any atom is -0.479 e. The molecular formula is C12H30O17Zn. The third-order valence-corrected chi connectivity index (χ3v) is 3.02. The van der Waals surface area contributed by atoms with E-state index in [4.69, 9.17) is 61.3 Å². The molecule has 30 heavy (non-hydrogen) atoms. The molecule has 0 saturated heterocycles. The fraction of sp³-hybridized carbons (Fsp3) is 0.833. The SMILES string of the molecule is O.O.O.O=C(O)[C@H](O)[C@H](O)[C@@H](O)[C@H](O)CO.O=C(O)[C@H](O)[C@H](O)[C@@H](O)[C@H](O)CO.[Zn]. The normalized spacial score (nSPS) is 17.7. The minimum absolute atomic E-state index is 0. The quantitative estimate of drug-likeness (QED) is 0.121. The summed E-state index contributed by atoms with van der Waals surface area (Å²) < 4.78 is 0. The van der Waals surface area contributed by atoms with Gasteiger partial charge in [0, 0.05) is 19.5 Å². The zero-order chi connectivity index (χ0) is 21.2. The van der Waals surface area contributed by atoms with Gasteiger partial charge in [-0.25, -0.2) is 9.59 Å². The largest absolute Gasteiger partial charge is 0.479 e. The smallest absolute Gasteiger partial charge is 0.335 e. The Balaban J connectivity index is -0.0000000847. The van der Waals surface area contributed by atoms with Crippen molar-refractivity contribution >= 4 is 11.9 Å². The van der Waals surface area contributed by atoms with Crippen molar-refractivity contribution in [2.24, 2.45) is 0 Å². The van der Waals surface area contributed by atoms with Crippen molar-refractivity contribution in [3.8, 4) is 0 Å². The molecular weight excluding hydrogens is 482 g/mol. The van der Waals surface area contributed by atoms with E-state index < -0.39 is 74.0 Å². The van der Waals surface area contributed by atoms with Crippen LogP contribution in [0.5, 0.6) is 0 Å². The van der Waals surface area contributed by atoms with Gasteiger partial charge in [-0.15, -0.1) is 0 Å². The van der Waals surface area contributed by atoms with Gasteiger partial charge >= 0.3 is 11.9 Å². The second-order valence-corrected chi connectivity index (χ2v) is 5.03. The van der Waals surface area contributed by atoms with Crippen LogP contribution in [0.4, 0.5) is 0 Å². The maximum Gasteiger partial charge on any atom is 0.335 e. The van der Waals surface area contributed by atoms with Gasteiger partial charge in [-0.1, -0.05) is 0 Å². The van der Waals surface area contributed by atoms with E-state index in [1.54, 1.807) is 0 Å². The zero-order valence-electron chi connectivity index (χ0n) is 15.4. The van der Waals surface area contributed by atoms with Crippen LogP contribution in [0.3, 0.4) is 0 Å². The van der Waals surface area contributed by atoms with Crippen LogP contribution in [0.15, 0.2) is 0 Å². The number of aliphatic hydroxyl groups is 10. The predicted octanol–water partition coefficient (Wildman–Crippen LogP) is -9.46. The Hall–Kier alpha value is -0.957. The molecule has 0 aliphatic carbocycles. The number of carbonyl (C=O) groups is 2. The zero-order valence-corrected chi connectivity index (χ0v) is 18.4. The van der Waals surface area contributed by atoms with E-state index in [9.17, 15) is 9.59 Å². The molecule has 0 radical (unpaired) electrons. The third kappa shape index (κ3) is 14.9. The monoisotopic (exact) mass is 510 g/mol. The molecule has 17 nitrogen and oxygen atoms in total. The van der Waals surface area contributed by atoms with Crippen molar-refractivity contribution in [2.75, 3.05) is 13.2 Å². The van der Waals surface area contributed by atoms with Crippen LogP contribution in [0.1, 0.15) is 0 Å². The maximum absolute atomic E-state index is 10.1. The summed E-state index contributed by atoms with van der Waals surface area (Å²) >= 11 is 0. The molecule has 182 valence electrons. The van der Waals surface area contributed by atoms with Crippen molar-refractivity contribution in [1.29, 1.82) is 0 Å². The Morgan fingerprint density at radius 3 is 0.867 bits per heavy atom. The molecule has 0 aliphatic rings. The first-order chi connectivity index (χ1) is 11.8. The van der Waals surface area contributed by atoms with Crippen LogP contribution in [-0.4, -0.2) is 152 Å². The summed E-state index contributed by atoms with van der Waals surface area (Å²) in [7, 11) is 0. The van der Waals surface area contributed by atoms with Gasteiger partial charge in [-0.3, -0.25) is 0 Å². The van der Waals surface area contributed by atoms with Gasteiger partial charge in [0.2, 0.25) is 0 Å². The Bertz CT molecular complexity index is 388. The molecule has 0 unspecified atom stereocenters. The summed E-state index contributed by atoms with van der Waals surface area (Å²) in [4.78, 5) is 20.2. The molecule has 0 aromatic heterocycles. The van der Waals surface area contributed by atoms with E-state index in [2.05, 4.69) is 0 Å². The van der Waals surface area contributed by atoms with Gasteiger partial charge in [0.15, 0.2) is 12.2 Å². The summed E-state index contributed by atoms with van der Waals surface area (Å²) in [5, 5.41) is 104. The molecule has 0 fully saturated rings. The fourth-order valence-electron chi connectivity index (χ4n) is 1.34. The molecule has 0 heterocycles. The maximum atomic E-state index is 10.1. The Kier molecular flexibility index (Phi) is 30.5. The van der Waals surface area contributed by atoms with E-state index in [0.29, 0.717) is 0 Å². The Morgan fingerprint density at radius 1 is 0.533 bits per heavy atom. The van der Waals surface area contributed by atoms with Crippen molar-refractivity contribution in [1.82, 2.24) is 0 Å². The molecule has 18 heteroatoms. The average molecular weight is 512 g/mol. The van der Waals surface area contributed by atoms with Crippen LogP contribution in [0.25, 0.3) is 0 Å². The topological polar surface area (TPSA) is 371 Å². The first-order valence-corrected chi connectivity index (χ1v) is 6.95.